The van der Waals surface area contributed by atoms with Gasteiger partial charge in [0.2, 0.25) is 0 Å². The molecule has 0 aliphatic heterocycles. The Bertz CT molecular complexity index is 657. The van der Waals surface area contributed by atoms with Gasteiger partial charge in [0.05, 0.1) is 0 Å². The van der Waals surface area contributed by atoms with E-state index in [-0.39, 0.29) is 16.5 Å². The van der Waals surface area contributed by atoms with E-state index in [0.29, 0.717) is 5.69 Å². The summed E-state index contributed by atoms with van der Waals surface area (Å²) in [5.74, 6) is 0.530. The molecule has 2 aromatic rings. The van der Waals surface area contributed by atoms with E-state index in [1.54, 1.807) is 32.2 Å². The van der Waals surface area contributed by atoms with Crippen LogP contribution >= 0.6 is 0 Å². The first-order chi connectivity index (χ1) is 8.40. The molecule has 0 amide bonds. The first-order valence-corrected chi connectivity index (χ1v) is 6.77. The second-order valence-electron chi connectivity index (χ2n) is 3.98. The maximum Gasteiger partial charge on any atom is 0.268 e. The van der Waals surface area contributed by atoms with Crippen LogP contribution < -0.4 is 4.72 Å². The first kappa shape index (κ1) is 12.6. The zero-order valence-electron chi connectivity index (χ0n) is 10.3. The SMILES string of the molecule is Cc1ccnc(NS(=O)(=O)c2c(C)noc2C)c1. The summed E-state index contributed by atoms with van der Waals surface area (Å²) in [6.45, 7) is 4.99. The van der Waals surface area contributed by atoms with Gasteiger partial charge in [-0.15, -0.1) is 0 Å². The Hall–Kier alpha value is -1.89. The Labute approximate surface area is 105 Å². The lowest BCUT2D eigenvalue weighted by Gasteiger charge is -2.06. The van der Waals surface area contributed by atoms with Crippen molar-refractivity contribution in [3.05, 3.63) is 35.3 Å². The van der Waals surface area contributed by atoms with Gasteiger partial charge in [-0.25, -0.2) is 13.4 Å². The zero-order chi connectivity index (χ0) is 13.3. The van der Waals surface area contributed by atoms with Gasteiger partial charge >= 0.3 is 0 Å². The summed E-state index contributed by atoms with van der Waals surface area (Å²) in [4.78, 5) is 4.01. The van der Waals surface area contributed by atoms with Gasteiger partial charge in [-0.3, -0.25) is 4.72 Å². The first-order valence-electron chi connectivity index (χ1n) is 5.28. The third-order valence-corrected chi connectivity index (χ3v) is 3.99. The highest BCUT2D eigenvalue weighted by molar-refractivity contribution is 7.92. The van der Waals surface area contributed by atoms with Gasteiger partial charge < -0.3 is 4.52 Å². The lowest BCUT2D eigenvalue weighted by atomic mass is 10.3. The summed E-state index contributed by atoms with van der Waals surface area (Å²) in [5.41, 5.74) is 1.24. The number of hydrogen-bond donors (Lipinski definition) is 1. The van der Waals surface area contributed by atoms with Crippen LogP contribution in [-0.4, -0.2) is 18.6 Å². The van der Waals surface area contributed by atoms with Gasteiger partial charge in [-0.2, -0.15) is 0 Å². The molecule has 0 fully saturated rings. The Morgan fingerprint density at radius 2 is 2.00 bits per heavy atom. The van der Waals surface area contributed by atoms with Gasteiger partial charge in [0.1, 0.15) is 11.5 Å². The summed E-state index contributed by atoms with van der Waals surface area (Å²) >= 11 is 0. The fourth-order valence-electron chi connectivity index (χ4n) is 1.64. The van der Waals surface area contributed by atoms with Crippen LogP contribution in [0.2, 0.25) is 0 Å². The lowest BCUT2D eigenvalue weighted by molar-refractivity contribution is 0.390. The van der Waals surface area contributed by atoms with Crippen molar-refractivity contribution in [3.8, 4) is 0 Å². The molecule has 1 N–H and O–H groups in total. The molecule has 0 aromatic carbocycles. The van der Waals surface area contributed by atoms with Crippen molar-refractivity contribution in [3.63, 3.8) is 0 Å². The maximum atomic E-state index is 12.2. The van der Waals surface area contributed by atoms with Gasteiger partial charge in [-0.1, -0.05) is 5.16 Å². The van der Waals surface area contributed by atoms with E-state index in [4.69, 9.17) is 4.52 Å². The molecule has 2 aromatic heterocycles. The van der Waals surface area contributed by atoms with Crippen LogP contribution in [-0.2, 0) is 10.0 Å². The van der Waals surface area contributed by atoms with Crippen molar-refractivity contribution >= 4 is 15.8 Å². The summed E-state index contributed by atoms with van der Waals surface area (Å²) in [6, 6.07) is 3.43. The number of nitrogens with one attached hydrogen (secondary N) is 1. The largest absolute Gasteiger partial charge is 0.360 e. The van der Waals surface area contributed by atoms with Crippen LogP contribution in [0.5, 0.6) is 0 Å². The molecule has 0 aliphatic carbocycles. The van der Waals surface area contributed by atoms with Crippen molar-refractivity contribution < 1.29 is 12.9 Å². The summed E-state index contributed by atoms with van der Waals surface area (Å²) < 4.78 is 31.6. The average molecular weight is 267 g/mol. The van der Waals surface area contributed by atoms with Crippen LogP contribution in [0.25, 0.3) is 0 Å². The zero-order valence-corrected chi connectivity index (χ0v) is 11.1. The highest BCUT2D eigenvalue weighted by atomic mass is 32.2. The molecule has 0 aliphatic rings. The van der Waals surface area contributed by atoms with Crippen LogP contribution in [0.15, 0.2) is 27.7 Å². The fourth-order valence-corrected chi connectivity index (χ4v) is 2.97. The Morgan fingerprint density at radius 3 is 2.56 bits per heavy atom. The third-order valence-electron chi connectivity index (χ3n) is 2.39. The highest BCUT2D eigenvalue weighted by Crippen LogP contribution is 2.21. The van der Waals surface area contributed by atoms with E-state index in [2.05, 4.69) is 14.9 Å². The lowest BCUT2D eigenvalue weighted by Crippen LogP contribution is -2.15. The molecule has 18 heavy (non-hydrogen) atoms. The van der Waals surface area contributed by atoms with E-state index < -0.39 is 10.0 Å². The van der Waals surface area contributed by atoms with Crippen molar-refractivity contribution in [1.82, 2.24) is 10.1 Å². The van der Waals surface area contributed by atoms with Crippen molar-refractivity contribution in [1.29, 1.82) is 0 Å². The molecule has 0 bridgehead atoms. The molecule has 0 saturated heterocycles. The molecule has 0 radical (unpaired) electrons. The molecule has 2 rings (SSSR count). The molecular formula is C11H13N3O3S. The number of pyridine rings is 1. The smallest absolute Gasteiger partial charge is 0.268 e. The van der Waals surface area contributed by atoms with Crippen LogP contribution in [0.4, 0.5) is 5.82 Å². The molecule has 0 saturated carbocycles. The predicted octanol–water partition coefficient (Wildman–Crippen LogP) is 1.80. The summed E-state index contributed by atoms with van der Waals surface area (Å²) in [6.07, 6.45) is 1.54. The normalized spacial score (nSPS) is 11.5. The number of sulfonamides is 1. The highest BCUT2D eigenvalue weighted by Gasteiger charge is 2.24. The minimum absolute atomic E-state index is 0.0609. The van der Waals surface area contributed by atoms with Crippen LogP contribution in [0, 0.1) is 20.8 Å². The van der Waals surface area contributed by atoms with E-state index in [9.17, 15) is 8.42 Å². The second kappa shape index (κ2) is 4.41. The number of rotatable bonds is 3. The number of nitrogens with zero attached hydrogens (tertiary/aromatic N) is 2. The Morgan fingerprint density at radius 1 is 1.28 bits per heavy atom. The predicted molar refractivity (Wildman–Crippen MR) is 65.8 cm³/mol. The molecule has 0 spiro atoms. The molecular weight excluding hydrogens is 254 g/mol. The van der Waals surface area contributed by atoms with Crippen molar-refractivity contribution in [2.24, 2.45) is 0 Å². The number of anilines is 1. The van der Waals surface area contributed by atoms with E-state index >= 15 is 0 Å². The van der Waals surface area contributed by atoms with E-state index in [0.717, 1.165) is 5.56 Å². The maximum absolute atomic E-state index is 12.2. The minimum Gasteiger partial charge on any atom is -0.360 e. The fraction of sp³-hybridized carbons (Fsp3) is 0.273. The second-order valence-corrected chi connectivity index (χ2v) is 5.60. The quantitative estimate of drug-likeness (QED) is 0.916. The molecule has 6 nitrogen and oxygen atoms in total. The Balaban J connectivity index is 2.39. The molecule has 7 heteroatoms. The third kappa shape index (κ3) is 2.35. The molecule has 2 heterocycles. The topological polar surface area (TPSA) is 85.1 Å². The summed E-state index contributed by atoms with van der Waals surface area (Å²) in [7, 11) is -3.72. The van der Waals surface area contributed by atoms with E-state index in [1.165, 1.54) is 0 Å². The molecule has 0 atom stereocenters. The monoisotopic (exact) mass is 267 g/mol. The number of aryl methyl sites for hydroxylation is 3. The number of aromatic nitrogens is 2. The van der Waals surface area contributed by atoms with Crippen molar-refractivity contribution in [2.45, 2.75) is 25.7 Å². The standard InChI is InChI=1S/C11H13N3O3S/c1-7-4-5-12-10(6-7)14-18(15,16)11-8(2)13-17-9(11)3/h4-6H,1-3H3,(H,12,14). The van der Waals surface area contributed by atoms with Gasteiger partial charge in [-0.05, 0) is 38.5 Å². The van der Waals surface area contributed by atoms with Gasteiger partial charge in [0, 0.05) is 6.20 Å². The van der Waals surface area contributed by atoms with Gasteiger partial charge in [0.25, 0.3) is 10.0 Å². The summed E-state index contributed by atoms with van der Waals surface area (Å²) in [5, 5.41) is 3.63. The van der Waals surface area contributed by atoms with E-state index in [1.807, 2.05) is 6.92 Å². The Kier molecular flexibility index (Phi) is 3.08. The number of hydrogen-bond acceptors (Lipinski definition) is 5. The van der Waals surface area contributed by atoms with Crippen molar-refractivity contribution in [2.75, 3.05) is 4.72 Å². The van der Waals surface area contributed by atoms with Gasteiger partial charge in [0.15, 0.2) is 10.7 Å². The molecule has 96 valence electrons. The van der Waals surface area contributed by atoms with Crippen LogP contribution in [0.1, 0.15) is 17.0 Å². The van der Waals surface area contributed by atoms with Crippen LogP contribution in [0.3, 0.4) is 0 Å². The average Bonchev–Trinajstić information content (AvgIpc) is 2.58. The minimum atomic E-state index is -3.72. The molecule has 0 unspecified atom stereocenters.